The molecular weight excluding hydrogens is 400 g/mol. The first-order valence-electron chi connectivity index (χ1n) is 9.59. The Bertz CT molecular complexity index is 1030. The summed E-state index contributed by atoms with van der Waals surface area (Å²) < 4.78 is 12.6. The molecule has 6 nitrogen and oxygen atoms in total. The Morgan fingerprint density at radius 3 is 2.57 bits per heavy atom. The highest BCUT2D eigenvalue weighted by Crippen LogP contribution is 2.30. The lowest BCUT2D eigenvalue weighted by Crippen LogP contribution is -2.28. The van der Waals surface area contributed by atoms with E-state index in [1.54, 1.807) is 60.8 Å². The zero-order valence-corrected chi connectivity index (χ0v) is 18.2. The van der Waals surface area contributed by atoms with Crippen molar-refractivity contribution in [3.63, 3.8) is 0 Å². The molecule has 0 unspecified atom stereocenters. The van der Waals surface area contributed by atoms with Gasteiger partial charge in [0.25, 0.3) is 5.56 Å². The second-order valence-electron chi connectivity index (χ2n) is 7.46. The maximum absolute atomic E-state index is 12.9. The van der Waals surface area contributed by atoms with Crippen molar-refractivity contribution in [1.29, 1.82) is 0 Å². The van der Waals surface area contributed by atoms with Gasteiger partial charge in [0, 0.05) is 30.0 Å². The molecule has 1 N–H and O–H groups in total. The van der Waals surface area contributed by atoms with E-state index < -0.39 is 5.60 Å². The summed E-state index contributed by atoms with van der Waals surface area (Å²) in [6, 6.07) is 15.4. The van der Waals surface area contributed by atoms with Gasteiger partial charge in [-0.15, -0.1) is 0 Å². The molecule has 0 bridgehead atoms. The number of hydrogen-bond acceptors (Lipinski definition) is 6. The zero-order chi connectivity index (χ0) is 21.6. The van der Waals surface area contributed by atoms with Crippen molar-refractivity contribution in [3.05, 3.63) is 82.5 Å². The van der Waals surface area contributed by atoms with E-state index >= 15 is 0 Å². The number of ether oxygens (including phenoxy) is 2. The first-order valence-corrected chi connectivity index (χ1v) is 10.7. The summed E-state index contributed by atoms with van der Waals surface area (Å²) in [7, 11) is 1.54. The minimum Gasteiger partial charge on any atom is -0.493 e. The molecule has 158 valence electrons. The standard InChI is InChI=1S/C23H26N2O4S/c1-23(2,27)16-29-20-10-9-18(13-21(20)28-3)25-12-11-24-19(22(25)26)15-30-14-17-7-5-4-6-8-17/h4-13,27H,14-16H2,1-3H3. The average molecular weight is 427 g/mol. The fourth-order valence-electron chi connectivity index (χ4n) is 2.77. The first-order chi connectivity index (χ1) is 14.4. The van der Waals surface area contributed by atoms with E-state index in [-0.39, 0.29) is 12.2 Å². The first kappa shape index (κ1) is 21.9. The molecule has 0 radical (unpaired) electrons. The lowest BCUT2D eigenvalue weighted by molar-refractivity contribution is 0.0276. The molecule has 0 aliphatic rings. The fourth-order valence-corrected chi connectivity index (χ4v) is 3.70. The van der Waals surface area contributed by atoms with E-state index in [0.717, 1.165) is 5.75 Å². The van der Waals surface area contributed by atoms with Gasteiger partial charge in [0.15, 0.2) is 11.5 Å². The summed E-state index contributed by atoms with van der Waals surface area (Å²) in [6.07, 6.45) is 3.27. The molecule has 0 saturated heterocycles. The smallest absolute Gasteiger partial charge is 0.277 e. The van der Waals surface area contributed by atoms with Crippen LogP contribution in [0.2, 0.25) is 0 Å². The molecule has 0 spiro atoms. The van der Waals surface area contributed by atoms with Gasteiger partial charge in [-0.3, -0.25) is 14.3 Å². The van der Waals surface area contributed by atoms with Crippen molar-refractivity contribution in [1.82, 2.24) is 9.55 Å². The molecule has 7 heteroatoms. The van der Waals surface area contributed by atoms with Crippen molar-refractivity contribution >= 4 is 11.8 Å². The normalized spacial score (nSPS) is 11.3. The van der Waals surface area contributed by atoms with Crippen molar-refractivity contribution in [2.75, 3.05) is 13.7 Å². The van der Waals surface area contributed by atoms with Crippen LogP contribution in [0.3, 0.4) is 0 Å². The molecule has 0 atom stereocenters. The summed E-state index contributed by atoms with van der Waals surface area (Å²) in [5, 5.41) is 9.87. The molecule has 1 heterocycles. The average Bonchev–Trinajstić information content (AvgIpc) is 2.73. The van der Waals surface area contributed by atoms with Crippen molar-refractivity contribution in [3.8, 4) is 17.2 Å². The Kier molecular flexibility index (Phi) is 7.18. The quantitative estimate of drug-likeness (QED) is 0.561. The van der Waals surface area contributed by atoms with Crippen LogP contribution >= 0.6 is 11.8 Å². The molecular formula is C23H26N2O4S. The lowest BCUT2D eigenvalue weighted by Gasteiger charge is -2.19. The third-order valence-electron chi connectivity index (χ3n) is 4.27. The minimum atomic E-state index is -0.960. The van der Waals surface area contributed by atoms with Gasteiger partial charge < -0.3 is 14.6 Å². The number of nitrogens with zero attached hydrogens (tertiary/aromatic N) is 2. The molecule has 0 aliphatic heterocycles. The molecule has 0 saturated carbocycles. The molecule has 3 rings (SSSR count). The number of rotatable bonds is 9. The van der Waals surface area contributed by atoms with Crippen LogP contribution in [0.1, 0.15) is 25.1 Å². The maximum Gasteiger partial charge on any atom is 0.277 e. The molecule has 0 amide bonds. The van der Waals surface area contributed by atoms with E-state index in [0.29, 0.717) is 28.6 Å². The Morgan fingerprint density at radius 1 is 1.10 bits per heavy atom. The Hall–Kier alpha value is -2.77. The predicted octanol–water partition coefficient (Wildman–Crippen LogP) is 3.82. The Labute approximate surface area is 180 Å². The van der Waals surface area contributed by atoms with Crippen LogP contribution in [0.5, 0.6) is 11.5 Å². The highest BCUT2D eigenvalue weighted by molar-refractivity contribution is 7.97. The third-order valence-corrected chi connectivity index (χ3v) is 5.28. The van der Waals surface area contributed by atoms with E-state index in [2.05, 4.69) is 17.1 Å². The van der Waals surface area contributed by atoms with Crippen LogP contribution in [0, 0.1) is 0 Å². The van der Waals surface area contributed by atoms with Gasteiger partial charge in [0.1, 0.15) is 12.3 Å². The van der Waals surface area contributed by atoms with Crippen LogP contribution < -0.4 is 15.0 Å². The van der Waals surface area contributed by atoms with E-state index in [1.165, 1.54) is 12.7 Å². The van der Waals surface area contributed by atoms with Crippen LogP contribution in [-0.2, 0) is 11.5 Å². The Balaban J connectivity index is 1.77. The summed E-state index contributed by atoms with van der Waals surface area (Å²) >= 11 is 1.65. The molecule has 1 aromatic heterocycles. The minimum absolute atomic E-state index is 0.126. The van der Waals surface area contributed by atoms with Gasteiger partial charge in [-0.25, -0.2) is 0 Å². The highest BCUT2D eigenvalue weighted by atomic mass is 32.2. The number of hydrogen-bond donors (Lipinski definition) is 1. The molecule has 2 aromatic carbocycles. The fraction of sp³-hybridized carbons (Fsp3) is 0.304. The van der Waals surface area contributed by atoms with Gasteiger partial charge in [0.2, 0.25) is 0 Å². The van der Waals surface area contributed by atoms with Crippen LogP contribution in [-0.4, -0.2) is 34.0 Å². The van der Waals surface area contributed by atoms with E-state index in [1.807, 2.05) is 18.2 Å². The van der Waals surface area contributed by atoms with Gasteiger partial charge >= 0.3 is 0 Å². The van der Waals surface area contributed by atoms with Crippen LogP contribution in [0.4, 0.5) is 0 Å². The van der Waals surface area contributed by atoms with Crippen molar-refractivity contribution in [2.45, 2.75) is 31.0 Å². The van der Waals surface area contributed by atoms with Crippen molar-refractivity contribution < 1.29 is 14.6 Å². The number of thioether (sulfide) groups is 1. The van der Waals surface area contributed by atoms with Crippen molar-refractivity contribution in [2.24, 2.45) is 0 Å². The third kappa shape index (κ3) is 5.87. The summed E-state index contributed by atoms with van der Waals surface area (Å²) in [6.45, 7) is 3.46. The molecule has 0 aliphatic carbocycles. The number of aromatic nitrogens is 2. The van der Waals surface area contributed by atoms with Gasteiger partial charge in [-0.2, -0.15) is 11.8 Å². The summed E-state index contributed by atoms with van der Waals surface area (Å²) in [5.74, 6) is 2.33. The SMILES string of the molecule is COc1cc(-n2ccnc(CSCc3ccccc3)c2=O)ccc1OCC(C)(C)O. The molecule has 3 aromatic rings. The van der Waals surface area contributed by atoms with Crippen LogP contribution in [0.25, 0.3) is 5.69 Å². The summed E-state index contributed by atoms with van der Waals surface area (Å²) in [5.41, 5.74) is 1.25. The number of aliphatic hydroxyl groups is 1. The maximum atomic E-state index is 12.9. The van der Waals surface area contributed by atoms with Gasteiger partial charge in [-0.1, -0.05) is 30.3 Å². The van der Waals surface area contributed by atoms with Gasteiger partial charge in [0.05, 0.1) is 18.4 Å². The highest BCUT2D eigenvalue weighted by Gasteiger charge is 2.16. The monoisotopic (exact) mass is 426 g/mol. The van der Waals surface area contributed by atoms with E-state index in [4.69, 9.17) is 9.47 Å². The van der Waals surface area contributed by atoms with Crippen LogP contribution in [0.15, 0.2) is 65.7 Å². The van der Waals surface area contributed by atoms with E-state index in [9.17, 15) is 9.90 Å². The largest absolute Gasteiger partial charge is 0.493 e. The number of benzene rings is 2. The lowest BCUT2D eigenvalue weighted by atomic mass is 10.2. The van der Waals surface area contributed by atoms with Gasteiger partial charge in [-0.05, 0) is 31.5 Å². The zero-order valence-electron chi connectivity index (χ0n) is 17.4. The summed E-state index contributed by atoms with van der Waals surface area (Å²) in [4.78, 5) is 17.2. The topological polar surface area (TPSA) is 73.6 Å². The predicted molar refractivity (Wildman–Crippen MR) is 120 cm³/mol. The Morgan fingerprint density at radius 2 is 1.87 bits per heavy atom. The second kappa shape index (κ2) is 9.82. The molecule has 0 fully saturated rings. The molecule has 30 heavy (non-hydrogen) atoms. The number of methoxy groups -OCH3 is 1. The second-order valence-corrected chi connectivity index (χ2v) is 8.45.